The number of hydrogen-bond donors (Lipinski definition) is 1. The second kappa shape index (κ2) is 10.3. The van der Waals surface area contributed by atoms with Crippen molar-refractivity contribution >= 4 is 72.0 Å². The van der Waals surface area contributed by atoms with E-state index in [1.54, 1.807) is 11.8 Å². The van der Waals surface area contributed by atoms with E-state index in [-0.39, 0.29) is 0 Å². The molecule has 214 valence electrons. The van der Waals surface area contributed by atoms with Gasteiger partial charge >= 0.3 is 0 Å². The van der Waals surface area contributed by atoms with Gasteiger partial charge in [0.05, 0.1) is 11.0 Å². The largest absolute Gasteiger partial charge is 0.456 e. The zero-order valence-electron chi connectivity index (χ0n) is 24.4. The van der Waals surface area contributed by atoms with E-state index in [2.05, 4.69) is 120 Å². The van der Waals surface area contributed by atoms with E-state index in [0.717, 1.165) is 44.0 Å². The Bertz CT molecular complexity index is 2540. The number of anilines is 1. The number of fused-ring (bicyclic) bond motifs is 8. The Balaban J connectivity index is 1.01. The predicted molar refractivity (Wildman–Crippen MR) is 191 cm³/mol. The van der Waals surface area contributed by atoms with Gasteiger partial charge in [0, 0.05) is 43.6 Å². The lowest BCUT2D eigenvalue weighted by Gasteiger charge is -2.11. The van der Waals surface area contributed by atoms with Gasteiger partial charge in [-0.15, -0.1) is 11.8 Å². The highest BCUT2D eigenvalue weighted by molar-refractivity contribution is 7.99. The average Bonchev–Trinajstić information content (AvgIpc) is 3.64. The number of hydrogen-bond acceptors (Lipinski definition) is 3. The summed E-state index contributed by atoms with van der Waals surface area (Å²) in [5.41, 5.74) is 16.3. The fourth-order valence-electron chi connectivity index (χ4n) is 6.73. The van der Waals surface area contributed by atoms with Crippen LogP contribution in [0.15, 0.2) is 155 Å². The standard InChI is InChI=1S/C41H28N2OS/c42-34-22-24-38-40(33-10-4-6-12-37(33)44-38)41(34)45-25-26-13-15-27(16-14-26)28-17-20-30(21-18-28)43-35-11-5-3-9-32(35)39-31-8-2-1-7-29(31)19-23-36(39)43/h1-24H,25,42H2. The maximum atomic E-state index is 6.47. The smallest absolute Gasteiger partial charge is 0.136 e. The molecular weight excluding hydrogens is 569 g/mol. The molecule has 2 heterocycles. The van der Waals surface area contributed by atoms with Gasteiger partial charge in [0.15, 0.2) is 0 Å². The normalized spacial score (nSPS) is 11.8. The van der Waals surface area contributed by atoms with Gasteiger partial charge in [0.25, 0.3) is 0 Å². The maximum Gasteiger partial charge on any atom is 0.136 e. The second-order valence-electron chi connectivity index (χ2n) is 11.5. The van der Waals surface area contributed by atoms with Gasteiger partial charge in [-0.3, -0.25) is 0 Å². The van der Waals surface area contributed by atoms with E-state index in [0.29, 0.717) is 0 Å². The molecule has 0 fully saturated rings. The molecule has 0 aliphatic heterocycles. The zero-order valence-corrected chi connectivity index (χ0v) is 25.2. The minimum absolute atomic E-state index is 0.784. The van der Waals surface area contributed by atoms with Crippen LogP contribution in [0.25, 0.3) is 71.3 Å². The van der Waals surface area contributed by atoms with E-state index in [4.69, 9.17) is 10.2 Å². The maximum absolute atomic E-state index is 6.47. The minimum Gasteiger partial charge on any atom is -0.456 e. The first kappa shape index (κ1) is 26.0. The first-order valence-corrected chi connectivity index (χ1v) is 16.1. The predicted octanol–water partition coefficient (Wildman–Crippen LogP) is 11.4. The molecule has 0 saturated heterocycles. The van der Waals surface area contributed by atoms with E-state index < -0.39 is 0 Å². The van der Waals surface area contributed by atoms with Crippen LogP contribution in [0.5, 0.6) is 0 Å². The Morgan fingerprint density at radius 1 is 0.533 bits per heavy atom. The van der Waals surface area contributed by atoms with Crippen LogP contribution in [-0.2, 0) is 5.75 Å². The number of nitrogens with two attached hydrogens (primary N) is 1. The third-order valence-electron chi connectivity index (χ3n) is 8.88. The van der Waals surface area contributed by atoms with Gasteiger partial charge < -0.3 is 14.7 Å². The van der Waals surface area contributed by atoms with Gasteiger partial charge in [0.2, 0.25) is 0 Å². The van der Waals surface area contributed by atoms with Gasteiger partial charge in [-0.05, 0) is 69.9 Å². The minimum atomic E-state index is 0.784. The molecule has 0 aliphatic carbocycles. The summed E-state index contributed by atoms with van der Waals surface area (Å²) in [4.78, 5) is 1.08. The topological polar surface area (TPSA) is 44.1 Å². The SMILES string of the molecule is Nc1ccc2oc3ccccc3c2c1SCc1ccc(-c2ccc(-n3c4ccccc4c4c5ccccc5ccc43)cc2)cc1. The van der Waals surface area contributed by atoms with Crippen LogP contribution >= 0.6 is 11.8 Å². The molecule has 9 rings (SSSR count). The van der Waals surface area contributed by atoms with Gasteiger partial charge in [-0.2, -0.15) is 0 Å². The van der Waals surface area contributed by atoms with Gasteiger partial charge in [0.1, 0.15) is 11.2 Å². The molecule has 0 atom stereocenters. The molecule has 45 heavy (non-hydrogen) atoms. The van der Waals surface area contributed by atoms with E-state index in [1.165, 1.54) is 49.3 Å². The fraction of sp³-hybridized carbons (Fsp3) is 0.0244. The molecule has 0 radical (unpaired) electrons. The summed E-state index contributed by atoms with van der Waals surface area (Å²) in [6.07, 6.45) is 0. The van der Waals surface area contributed by atoms with Crippen LogP contribution in [-0.4, -0.2) is 4.57 Å². The number of thioether (sulfide) groups is 1. The van der Waals surface area contributed by atoms with Crippen LogP contribution in [0.1, 0.15) is 5.56 Å². The van der Waals surface area contributed by atoms with Crippen molar-refractivity contribution in [1.82, 2.24) is 4.57 Å². The summed E-state index contributed by atoms with van der Waals surface area (Å²) < 4.78 is 8.47. The summed E-state index contributed by atoms with van der Waals surface area (Å²) in [7, 11) is 0. The highest BCUT2D eigenvalue weighted by Crippen LogP contribution is 2.41. The molecule has 9 aromatic rings. The van der Waals surface area contributed by atoms with E-state index in [9.17, 15) is 0 Å². The Hall–Kier alpha value is -5.45. The van der Waals surface area contributed by atoms with Crippen molar-refractivity contribution in [2.75, 3.05) is 5.73 Å². The van der Waals surface area contributed by atoms with Crippen LogP contribution in [0.4, 0.5) is 5.69 Å². The number of aromatic nitrogens is 1. The lowest BCUT2D eigenvalue weighted by molar-refractivity contribution is 0.668. The highest BCUT2D eigenvalue weighted by Gasteiger charge is 2.16. The number of nitrogen functional groups attached to an aromatic ring is 1. The summed E-state index contributed by atoms with van der Waals surface area (Å²) in [6.45, 7) is 0. The Kier molecular flexibility index (Phi) is 5.97. The Morgan fingerprint density at radius 3 is 2.04 bits per heavy atom. The molecular formula is C41H28N2OS. The van der Waals surface area contributed by atoms with Crippen molar-refractivity contribution in [2.24, 2.45) is 0 Å². The third kappa shape index (κ3) is 4.21. The quantitative estimate of drug-likeness (QED) is 0.159. The Labute approximate surface area is 264 Å². The lowest BCUT2D eigenvalue weighted by Crippen LogP contribution is -1.93. The molecule has 2 aromatic heterocycles. The van der Waals surface area contributed by atoms with Gasteiger partial charge in [-0.1, -0.05) is 103 Å². The molecule has 0 amide bonds. The number of benzene rings is 7. The van der Waals surface area contributed by atoms with Crippen LogP contribution < -0.4 is 5.73 Å². The van der Waals surface area contributed by atoms with Crippen LogP contribution in [0.3, 0.4) is 0 Å². The van der Waals surface area contributed by atoms with Gasteiger partial charge in [-0.25, -0.2) is 0 Å². The van der Waals surface area contributed by atoms with E-state index in [1.807, 2.05) is 30.3 Å². The molecule has 0 unspecified atom stereocenters. The Morgan fingerprint density at radius 2 is 1.22 bits per heavy atom. The molecule has 0 spiro atoms. The number of nitrogens with zero attached hydrogens (tertiary/aromatic N) is 1. The van der Waals surface area contributed by atoms with Crippen molar-refractivity contribution in [3.8, 4) is 16.8 Å². The average molecular weight is 597 g/mol. The summed E-state index contributed by atoms with van der Waals surface area (Å²) in [5.74, 6) is 0.824. The van der Waals surface area contributed by atoms with E-state index >= 15 is 0 Å². The van der Waals surface area contributed by atoms with Crippen molar-refractivity contribution in [1.29, 1.82) is 0 Å². The van der Waals surface area contributed by atoms with Crippen LogP contribution in [0, 0.1) is 0 Å². The van der Waals surface area contributed by atoms with Crippen molar-refractivity contribution in [2.45, 2.75) is 10.6 Å². The summed E-state index contributed by atoms with van der Waals surface area (Å²) >= 11 is 1.77. The molecule has 0 bridgehead atoms. The van der Waals surface area contributed by atoms with Crippen molar-refractivity contribution in [3.63, 3.8) is 0 Å². The molecule has 4 heteroatoms. The summed E-state index contributed by atoms with van der Waals surface area (Å²) in [5, 5.41) is 7.35. The summed E-state index contributed by atoms with van der Waals surface area (Å²) in [6, 6.07) is 51.7. The monoisotopic (exact) mass is 596 g/mol. The lowest BCUT2D eigenvalue weighted by atomic mass is 10.0. The molecule has 2 N–H and O–H groups in total. The number of para-hydroxylation sites is 2. The number of furan rings is 1. The first-order chi connectivity index (χ1) is 22.2. The third-order valence-corrected chi connectivity index (χ3v) is 10.1. The fourth-order valence-corrected chi connectivity index (χ4v) is 7.82. The molecule has 0 aliphatic rings. The molecule has 3 nitrogen and oxygen atoms in total. The van der Waals surface area contributed by atoms with Crippen molar-refractivity contribution < 1.29 is 4.42 Å². The first-order valence-electron chi connectivity index (χ1n) is 15.2. The van der Waals surface area contributed by atoms with Crippen LogP contribution in [0.2, 0.25) is 0 Å². The highest BCUT2D eigenvalue weighted by atomic mass is 32.2. The zero-order chi connectivity index (χ0) is 29.9. The number of rotatable bonds is 5. The molecule has 0 saturated carbocycles. The van der Waals surface area contributed by atoms with Crippen molar-refractivity contribution in [3.05, 3.63) is 151 Å². The second-order valence-corrected chi connectivity index (χ2v) is 12.5. The molecule has 7 aromatic carbocycles.